The fourth-order valence-electron chi connectivity index (χ4n) is 3.78. The van der Waals surface area contributed by atoms with Gasteiger partial charge < -0.3 is 20.7 Å². The third-order valence-electron chi connectivity index (χ3n) is 5.27. The summed E-state index contributed by atoms with van der Waals surface area (Å²) in [6, 6.07) is 8.47. The smallest absolute Gasteiger partial charge is 0.198 e. The lowest BCUT2D eigenvalue weighted by Crippen LogP contribution is -2.51. The van der Waals surface area contributed by atoms with Crippen molar-refractivity contribution in [1.29, 1.82) is 0 Å². The van der Waals surface area contributed by atoms with Crippen LogP contribution in [0.2, 0.25) is 0 Å². The minimum Gasteiger partial charge on any atom is -0.385 e. The highest BCUT2D eigenvalue weighted by molar-refractivity contribution is 5.55. The molecule has 134 valence electrons. The van der Waals surface area contributed by atoms with Gasteiger partial charge in [-0.1, -0.05) is 0 Å². The zero-order valence-electron chi connectivity index (χ0n) is 14.7. The molecule has 1 aliphatic carbocycles. The highest BCUT2D eigenvalue weighted by Crippen LogP contribution is 2.28. The van der Waals surface area contributed by atoms with Gasteiger partial charge in [0.05, 0.1) is 6.10 Å². The molecule has 3 rings (SSSR count). The van der Waals surface area contributed by atoms with E-state index in [4.69, 9.17) is 10.5 Å². The monoisotopic (exact) mass is 335 g/mol. The molecule has 5 heteroatoms. The Labute approximate surface area is 144 Å². The molecular formula is C19H30FN3O. The van der Waals surface area contributed by atoms with E-state index >= 15 is 0 Å². The van der Waals surface area contributed by atoms with Crippen molar-refractivity contribution in [3.05, 3.63) is 24.3 Å². The maximum atomic E-state index is 14.4. The van der Waals surface area contributed by atoms with Gasteiger partial charge in [0, 0.05) is 30.5 Å². The van der Waals surface area contributed by atoms with E-state index < -0.39 is 12.4 Å². The number of benzene rings is 1. The molecule has 2 fully saturated rings. The Morgan fingerprint density at radius 2 is 1.83 bits per heavy atom. The van der Waals surface area contributed by atoms with E-state index in [-0.39, 0.29) is 6.10 Å². The molecule has 1 aromatic rings. The predicted molar refractivity (Wildman–Crippen MR) is 97.1 cm³/mol. The molecule has 0 radical (unpaired) electrons. The van der Waals surface area contributed by atoms with Crippen molar-refractivity contribution in [2.75, 3.05) is 23.3 Å². The van der Waals surface area contributed by atoms with Gasteiger partial charge in [-0.25, -0.2) is 4.39 Å². The molecule has 0 amide bonds. The van der Waals surface area contributed by atoms with Crippen molar-refractivity contribution < 1.29 is 9.13 Å². The first kappa shape index (κ1) is 17.5. The van der Waals surface area contributed by atoms with E-state index in [2.05, 4.69) is 5.32 Å². The van der Waals surface area contributed by atoms with Crippen molar-refractivity contribution in [1.82, 2.24) is 0 Å². The number of hydrogen-bond donors (Lipinski definition) is 2. The van der Waals surface area contributed by atoms with E-state index in [0.29, 0.717) is 18.5 Å². The first-order chi connectivity index (χ1) is 11.5. The van der Waals surface area contributed by atoms with Crippen LogP contribution in [0.1, 0.15) is 39.5 Å². The molecule has 1 aromatic carbocycles. The Balaban J connectivity index is 1.55. The van der Waals surface area contributed by atoms with Crippen LogP contribution in [0.25, 0.3) is 0 Å². The SMILES string of the molecule is C[C@H]1CN(c2ccc(NC[C@H]3CC[C@H](N)CC3)cc2)C(F)[C@@H](C)O1. The van der Waals surface area contributed by atoms with Crippen molar-refractivity contribution in [3.63, 3.8) is 0 Å². The van der Waals surface area contributed by atoms with Crippen molar-refractivity contribution in [2.24, 2.45) is 11.7 Å². The van der Waals surface area contributed by atoms with Crippen LogP contribution in [0, 0.1) is 5.92 Å². The van der Waals surface area contributed by atoms with Crippen LogP contribution in [-0.4, -0.2) is 37.6 Å². The minimum absolute atomic E-state index is 0.0440. The fraction of sp³-hybridized carbons (Fsp3) is 0.684. The molecule has 4 nitrogen and oxygen atoms in total. The van der Waals surface area contributed by atoms with Gasteiger partial charge in [0.25, 0.3) is 0 Å². The summed E-state index contributed by atoms with van der Waals surface area (Å²) < 4.78 is 19.9. The third kappa shape index (κ3) is 4.19. The highest BCUT2D eigenvalue weighted by atomic mass is 19.1. The largest absolute Gasteiger partial charge is 0.385 e. The summed E-state index contributed by atoms with van der Waals surface area (Å²) in [7, 11) is 0. The Morgan fingerprint density at radius 3 is 2.50 bits per heavy atom. The predicted octanol–water partition coefficient (Wildman–Crippen LogP) is 3.53. The highest BCUT2D eigenvalue weighted by Gasteiger charge is 2.32. The van der Waals surface area contributed by atoms with Crippen LogP contribution in [-0.2, 0) is 4.74 Å². The number of hydrogen-bond acceptors (Lipinski definition) is 4. The molecule has 1 aliphatic heterocycles. The lowest BCUT2D eigenvalue weighted by molar-refractivity contribution is -0.0614. The van der Waals surface area contributed by atoms with Crippen LogP contribution >= 0.6 is 0 Å². The van der Waals surface area contributed by atoms with Gasteiger partial charge in [-0.15, -0.1) is 0 Å². The molecule has 2 aliphatic rings. The number of anilines is 2. The number of morpholine rings is 1. The number of nitrogens with two attached hydrogens (primary N) is 1. The van der Waals surface area contributed by atoms with Crippen LogP contribution in [0.15, 0.2) is 24.3 Å². The van der Waals surface area contributed by atoms with Gasteiger partial charge in [0.2, 0.25) is 0 Å². The van der Waals surface area contributed by atoms with Gasteiger partial charge in [-0.2, -0.15) is 0 Å². The molecule has 0 aromatic heterocycles. The van der Waals surface area contributed by atoms with E-state index in [9.17, 15) is 4.39 Å². The van der Waals surface area contributed by atoms with Gasteiger partial charge in [-0.05, 0) is 69.7 Å². The third-order valence-corrected chi connectivity index (χ3v) is 5.27. The minimum atomic E-state index is -1.09. The van der Waals surface area contributed by atoms with Crippen LogP contribution in [0.5, 0.6) is 0 Å². The standard InChI is InChI=1S/C19H30FN3O/c1-13-12-23(19(20)14(2)24-13)18-9-7-17(8-10-18)22-11-15-3-5-16(21)6-4-15/h7-10,13-16,19,22H,3-6,11-12,21H2,1-2H3/t13-,14+,15-,16-,19?/m0/s1. The number of rotatable bonds is 4. The van der Waals surface area contributed by atoms with Gasteiger partial charge in [0.15, 0.2) is 6.30 Å². The topological polar surface area (TPSA) is 50.5 Å². The Hall–Kier alpha value is -1.33. The van der Waals surface area contributed by atoms with Gasteiger partial charge in [-0.3, -0.25) is 0 Å². The summed E-state index contributed by atoms with van der Waals surface area (Å²) in [5.41, 5.74) is 7.97. The normalized spacial score (nSPS) is 34.2. The maximum absolute atomic E-state index is 14.4. The lowest BCUT2D eigenvalue weighted by atomic mass is 9.86. The van der Waals surface area contributed by atoms with Crippen LogP contribution in [0.4, 0.5) is 15.8 Å². The van der Waals surface area contributed by atoms with E-state index in [0.717, 1.165) is 30.8 Å². The number of ether oxygens (including phenoxy) is 1. The number of nitrogens with zero attached hydrogens (tertiary/aromatic N) is 1. The van der Waals surface area contributed by atoms with E-state index in [1.807, 2.05) is 31.2 Å². The maximum Gasteiger partial charge on any atom is 0.198 e. The van der Waals surface area contributed by atoms with Gasteiger partial charge >= 0.3 is 0 Å². The summed E-state index contributed by atoms with van der Waals surface area (Å²) >= 11 is 0. The average molecular weight is 335 g/mol. The van der Waals surface area contributed by atoms with E-state index in [1.165, 1.54) is 12.8 Å². The fourth-order valence-corrected chi connectivity index (χ4v) is 3.78. The molecule has 1 heterocycles. The second kappa shape index (κ2) is 7.70. The second-order valence-corrected chi connectivity index (χ2v) is 7.39. The summed E-state index contributed by atoms with van der Waals surface area (Å²) in [6.45, 7) is 5.35. The number of halogens is 1. The first-order valence-electron chi connectivity index (χ1n) is 9.18. The molecule has 1 saturated heterocycles. The molecule has 0 spiro atoms. The van der Waals surface area contributed by atoms with Crippen molar-refractivity contribution in [3.8, 4) is 0 Å². The molecule has 0 bridgehead atoms. The molecular weight excluding hydrogens is 305 g/mol. The molecule has 3 atom stereocenters. The molecule has 1 saturated carbocycles. The van der Waals surface area contributed by atoms with Crippen LogP contribution in [0.3, 0.4) is 0 Å². The average Bonchev–Trinajstić information content (AvgIpc) is 2.58. The van der Waals surface area contributed by atoms with Crippen molar-refractivity contribution >= 4 is 11.4 Å². The summed E-state index contributed by atoms with van der Waals surface area (Å²) in [5.74, 6) is 0.709. The first-order valence-corrected chi connectivity index (χ1v) is 9.18. The zero-order valence-corrected chi connectivity index (χ0v) is 14.7. The molecule has 24 heavy (non-hydrogen) atoms. The van der Waals surface area contributed by atoms with E-state index in [1.54, 1.807) is 11.8 Å². The lowest BCUT2D eigenvalue weighted by Gasteiger charge is -2.39. The van der Waals surface area contributed by atoms with Crippen LogP contribution < -0.4 is 16.0 Å². The summed E-state index contributed by atoms with van der Waals surface area (Å²) in [6.07, 6.45) is 3.24. The summed E-state index contributed by atoms with van der Waals surface area (Å²) in [4.78, 5) is 1.80. The van der Waals surface area contributed by atoms with Crippen molar-refractivity contribution in [2.45, 2.75) is 64.1 Å². The molecule has 1 unspecified atom stereocenters. The Morgan fingerprint density at radius 1 is 1.17 bits per heavy atom. The molecule has 3 N–H and O–H groups in total. The number of nitrogens with one attached hydrogen (secondary N) is 1. The zero-order chi connectivity index (χ0) is 17.1. The second-order valence-electron chi connectivity index (χ2n) is 7.39. The Kier molecular flexibility index (Phi) is 5.61. The number of alkyl halides is 1. The quantitative estimate of drug-likeness (QED) is 0.827. The Bertz CT molecular complexity index is 516. The summed E-state index contributed by atoms with van der Waals surface area (Å²) in [5, 5.41) is 3.51. The van der Waals surface area contributed by atoms with Gasteiger partial charge in [0.1, 0.15) is 6.10 Å².